The van der Waals surface area contributed by atoms with Crippen molar-refractivity contribution in [2.45, 2.75) is 53.5 Å². The van der Waals surface area contributed by atoms with E-state index in [0.717, 1.165) is 17.1 Å². The molecule has 0 aliphatic heterocycles. The van der Waals surface area contributed by atoms with Gasteiger partial charge in [-0.15, -0.1) is 0 Å². The van der Waals surface area contributed by atoms with Crippen LogP contribution in [0, 0.1) is 23.7 Å². The van der Waals surface area contributed by atoms with Gasteiger partial charge < -0.3 is 5.32 Å². The van der Waals surface area contributed by atoms with Crippen LogP contribution in [-0.2, 0) is 0 Å². The molecule has 0 fully saturated rings. The molecule has 0 aliphatic rings. The summed E-state index contributed by atoms with van der Waals surface area (Å²) in [4.78, 5) is 0. The molecule has 94 valence electrons. The van der Waals surface area contributed by atoms with Crippen molar-refractivity contribution < 1.29 is 0 Å². The van der Waals surface area contributed by atoms with Crippen LogP contribution in [0.1, 0.15) is 52.3 Å². The maximum Gasteiger partial charge on any atom is 0.128 e. The lowest BCUT2D eigenvalue weighted by Crippen LogP contribution is -2.35. The van der Waals surface area contributed by atoms with Gasteiger partial charge in [0.05, 0.1) is 5.69 Å². The highest BCUT2D eigenvalue weighted by atomic mass is 32.1. The Morgan fingerprint density at radius 3 is 2.35 bits per heavy atom. The van der Waals surface area contributed by atoms with Crippen LogP contribution in [0.5, 0.6) is 0 Å². The molecule has 0 spiro atoms. The molecule has 1 N–H and O–H groups in total. The van der Waals surface area contributed by atoms with E-state index in [2.05, 4.69) is 50.4 Å². The normalized spacial score (nSPS) is 12.3. The van der Waals surface area contributed by atoms with Gasteiger partial charge in [-0.2, -0.15) is 9.64 Å². The third-order valence-electron chi connectivity index (χ3n) is 2.40. The van der Waals surface area contributed by atoms with Gasteiger partial charge in [0, 0.05) is 5.54 Å². The fourth-order valence-corrected chi connectivity index (χ4v) is 3.19. The molecular formula is C13H21N3S. The molecule has 4 heteroatoms. The van der Waals surface area contributed by atoms with Crippen molar-refractivity contribution in [2.75, 3.05) is 5.32 Å². The molecule has 1 aromatic rings. The third-order valence-corrected chi connectivity index (χ3v) is 3.25. The first-order valence-corrected chi connectivity index (χ1v) is 6.56. The maximum absolute atomic E-state index is 9.09. The molecule has 1 aromatic heterocycles. The molecule has 0 saturated carbocycles. The minimum Gasteiger partial charge on any atom is -0.370 e. The zero-order valence-corrected chi connectivity index (χ0v) is 12.3. The summed E-state index contributed by atoms with van der Waals surface area (Å²) in [5.41, 5.74) is 1.70. The lowest BCUT2D eigenvalue weighted by Gasteiger charge is -2.33. The van der Waals surface area contributed by atoms with E-state index in [-0.39, 0.29) is 11.0 Å². The summed E-state index contributed by atoms with van der Waals surface area (Å²) in [6.07, 6.45) is 1.03. The van der Waals surface area contributed by atoms with E-state index in [0.29, 0.717) is 5.56 Å². The Morgan fingerprint density at radius 1 is 1.29 bits per heavy atom. The largest absolute Gasteiger partial charge is 0.370 e. The van der Waals surface area contributed by atoms with E-state index in [9.17, 15) is 0 Å². The summed E-state index contributed by atoms with van der Waals surface area (Å²) >= 11 is 1.37. The smallest absolute Gasteiger partial charge is 0.128 e. The second kappa shape index (κ2) is 4.66. The molecule has 0 saturated heterocycles. The molecule has 0 bridgehead atoms. The number of hydrogen-bond acceptors (Lipinski definition) is 4. The van der Waals surface area contributed by atoms with Gasteiger partial charge in [0.15, 0.2) is 0 Å². The zero-order chi connectivity index (χ0) is 13.3. The first-order valence-electron chi connectivity index (χ1n) is 5.79. The highest BCUT2D eigenvalue weighted by Gasteiger charge is 2.27. The van der Waals surface area contributed by atoms with Crippen molar-refractivity contribution in [1.29, 1.82) is 5.26 Å². The Morgan fingerprint density at radius 2 is 1.88 bits per heavy atom. The summed E-state index contributed by atoms with van der Waals surface area (Å²) in [7, 11) is 0. The number of anilines is 1. The topological polar surface area (TPSA) is 48.7 Å². The minimum absolute atomic E-state index is 0.0389. The van der Waals surface area contributed by atoms with Gasteiger partial charge in [-0.1, -0.05) is 20.8 Å². The lowest BCUT2D eigenvalue weighted by molar-refractivity contribution is 0.303. The monoisotopic (exact) mass is 251 g/mol. The first kappa shape index (κ1) is 14.0. The molecule has 3 nitrogen and oxygen atoms in total. The number of hydrogen-bond donors (Lipinski definition) is 1. The molecular weight excluding hydrogens is 230 g/mol. The average molecular weight is 251 g/mol. The zero-order valence-electron chi connectivity index (χ0n) is 11.5. The molecule has 0 radical (unpaired) electrons. The summed E-state index contributed by atoms with van der Waals surface area (Å²) in [5, 5.41) is 13.4. The fraction of sp³-hybridized carbons (Fsp3) is 0.692. The van der Waals surface area contributed by atoms with Crippen molar-refractivity contribution in [3.63, 3.8) is 0 Å². The van der Waals surface area contributed by atoms with Crippen LogP contribution in [-0.4, -0.2) is 9.91 Å². The number of nitrogens with zero attached hydrogens (tertiary/aromatic N) is 2. The Kier molecular flexibility index (Phi) is 3.83. The van der Waals surface area contributed by atoms with Crippen molar-refractivity contribution in [1.82, 2.24) is 4.37 Å². The highest BCUT2D eigenvalue weighted by molar-refractivity contribution is 7.10. The SMILES string of the molecule is Cc1nsc(NC(C)(C)CC(C)(C)C)c1C#N. The number of aromatic nitrogens is 1. The summed E-state index contributed by atoms with van der Waals surface area (Å²) in [6, 6.07) is 2.21. The molecule has 0 atom stereocenters. The van der Waals surface area contributed by atoms with Gasteiger partial charge in [-0.3, -0.25) is 0 Å². The third kappa shape index (κ3) is 4.01. The van der Waals surface area contributed by atoms with Gasteiger partial charge in [-0.25, -0.2) is 0 Å². The fourth-order valence-electron chi connectivity index (χ4n) is 2.26. The van der Waals surface area contributed by atoms with E-state index in [4.69, 9.17) is 5.26 Å². The van der Waals surface area contributed by atoms with E-state index in [1.807, 2.05) is 6.92 Å². The van der Waals surface area contributed by atoms with Crippen LogP contribution in [0.15, 0.2) is 0 Å². The van der Waals surface area contributed by atoms with Crippen molar-refractivity contribution >= 4 is 16.5 Å². The molecule has 0 unspecified atom stereocenters. The van der Waals surface area contributed by atoms with Gasteiger partial charge >= 0.3 is 0 Å². The van der Waals surface area contributed by atoms with Gasteiger partial charge in [0.2, 0.25) is 0 Å². The quantitative estimate of drug-likeness (QED) is 0.885. The lowest BCUT2D eigenvalue weighted by atomic mass is 9.82. The van der Waals surface area contributed by atoms with Crippen LogP contribution in [0.2, 0.25) is 0 Å². The number of rotatable bonds is 3. The molecule has 0 amide bonds. The van der Waals surface area contributed by atoms with E-state index in [1.165, 1.54) is 11.5 Å². The number of aryl methyl sites for hydroxylation is 1. The standard InChI is InChI=1S/C13H21N3S/c1-9-10(7-14)11(17-16-9)15-13(5,6)8-12(2,3)4/h15H,8H2,1-6H3. The second-order valence-corrected chi connectivity index (χ2v) is 7.10. The van der Waals surface area contributed by atoms with Crippen LogP contribution >= 0.6 is 11.5 Å². The van der Waals surface area contributed by atoms with Crippen molar-refractivity contribution in [2.24, 2.45) is 5.41 Å². The first-order chi connectivity index (χ1) is 7.64. The maximum atomic E-state index is 9.09. The van der Waals surface area contributed by atoms with Crippen LogP contribution in [0.4, 0.5) is 5.00 Å². The van der Waals surface area contributed by atoms with Crippen molar-refractivity contribution in [3.8, 4) is 6.07 Å². The van der Waals surface area contributed by atoms with Crippen molar-refractivity contribution in [3.05, 3.63) is 11.3 Å². The molecule has 0 aliphatic carbocycles. The Balaban J connectivity index is 2.87. The van der Waals surface area contributed by atoms with E-state index >= 15 is 0 Å². The molecule has 1 rings (SSSR count). The van der Waals surface area contributed by atoms with Crippen LogP contribution < -0.4 is 5.32 Å². The van der Waals surface area contributed by atoms with Gasteiger partial charge in [0.25, 0.3) is 0 Å². The second-order valence-electron chi connectivity index (χ2n) is 6.33. The van der Waals surface area contributed by atoms with Crippen LogP contribution in [0.3, 0.4) is 0 Å². The summed E-state index contributed by atoms with van der Waals surface area (Å²) in [6.45, 7) is 12.9. The summed E-state index contributed by atoms with van der Waals surface area (Å²) in [5.74, 6) is 0. The predicted octanol–water partition coefficient (Wildman–Crippen LogP) is 3.95. The summed E-state index contributed by atoms with van der Waals surface area (Å²) < 4.78 is 4.22. The number of nitriles is 1. The number of nitrogens with one attached hydrogen (secondary N) is 1. The minimum atomic E-state index is -0.0389. The van der Waals surface area contributed by atoms with Gasteiger partial charge in [0.1, 0.15) is 16.6 Å². The average Bonchev–Trinajstić information content (AvgIpc) is 2.41. The Bertz CT molecular complexity index is 432. The molecule has 1 heterocycles. The van der Waals surface area contributed by atoms with Gasteiger partial charge in [-0.05, 0) is 44.1 Å². The Hall–Kier alpha value is -1.08. The Labute approximate surface area is 108 Å². The van der Waals surface area contributed by atoms with E-state index in [1.54, 1.807) is 0 Å². The van der Waals surface area contributed by atoms with Crippen LogP contribution in [0.25, 0.3) is 0 Å². The molecule has 0 aromatic carbocycles. The van der Waals surface area contributed by atoms with E-state index < -0.39 is 0 Å². The molecule has 17 heavy (non-hydrogen) atoms. The predicted molar refractivity (Wildman–Crippen MR) is 73.3 cm³/mol. The highest BCUT2D eigenvalue weighted by Crippen LogP contribution is 2.32.